The van der Waals surface area contributed by atoms with Crippen molar-refractivity contribution in [1.82, 2.24) is 10.2 Å². The van der Waals surface area contributed by atoms with Crippen LogP contribution in [0.25, 0.3) is 0 Å². The average Bonchev–Trinajstić information content (AvgIpc) is 2.88. The summed E-state index contributed by atoms with van der Waals surface area (Å²) in [5.74, 6) is 1.16. The SMILES string of the molecule is CCC(C(=O)NC1CCCCC1)N(Cc1ccc(Cl)cc1)C(=O)COc1cc(OC)cc(OC)c1. The minimum atomic E-state index is -0.608. The Morgan fingerprint density at radius 3 is 2.17 bits per heavy atom. The van der Waals surface area contributed by atoms with Gasteiger partial charge in [-0.1, -0.05) is 49.9 Å². The Hall–Kier alpha value is -2.93. The number of nitrogens with one attached hydrogen (secondary N) is 1. The first-order chi connectivity index (χ1) is 16.9. The van der Waals surface area contributed by atoms with Crippen LogP contribution >= 0.6 is 11.6 Å². The summed E-state index contributed by atoms with van der Waals surface area (Å²) in [4.78, 5) is 28.3. The van der Waals surface area contributed by atoms with Crippen LogP contribution < -0.4 is 19.5 Å². The second kappa shape index (κ2) is 13.2. The minimum Gasteiger partial charge on any atom is -0.496 e. The fraction of sp³-hybridized carbons (Fsp3) is 0.481. The minimum absolute atomic E-state index is 0.121. The van der Waals surface area contributed by atoms with Crippen LogP contribution in [0.1, 0.15) is 51.0 Å². The van der Waals surface area contributed by atoms with E-state index in [2.05, 4.69) is 5.32 Å². The highest BCUT2D eigenvalue weighted by Crippen LogP contribution is 2.27. The average molecular weight is 503 g/mol. The lowest BCUT2D eigenvalue weighted by atomic mass is 9.95. The summed E-state index contributed by atoms with van der Waals surface area (Å²) in [7, 11) is 3.10. The summed E-state index contributed by atoms with van der Waals surface area (Å²) >= 11 is 6.04. The van der Waals surface area contributed by atoms with Crippen LogP contribution in [0.3, 0.4) is 0 Å². The molecule has 0 heterocycles. The van der Waals surface area contributed by atoms with E-state index in [-0.39, 0.29) is 31.0 Å². The topological polar surface area (TPSA) is 77.1 Å². The molecular weight excluding hydrogens is 468 g/mol. The zero-order valence-corrected chi connectivity index (χ0v) is 21.5. The highest BCUT2D eigenvalue weighted by molar-refractivity contribution is 6.30. The van der Waals surface area contributed by atoms with Gasteiger partial charge in [-0.05, 0) is 37.0 Å². The molecule has 2 aromatic rings. The maximum Gasteiger partial charge on any atom is 0.261 e. The number of rotatable bonds is 11. The van der Waals surface area contributed by atoms with E-state index in [4.69, 9.17) is 25.8 Å². The molecular formula is C27H35ClN2O5. The molecule has 1 aliphatic rings. The van der Waals surface area contributed by atoms with E-state index in [0.717, 1.165) is 31.2 Å². The third-order valence-corrected chi connectivity index (χ3v) is 6.54. The van der Waals surface area contributed by atoms with Crippen molar-refractivity contribution in [3.63, 3.8) is 0 Å². The summed E-state index contributed by atoms with van der Waals surface area (Å²) in [5, 5.41) is 3.79. The number of amides is 2. The van der Waals surface area contributed by atoms with Gasteiger partial charge in [0.15, 0.2) is 6.61 Å². The Morgan fingerprint density at radius 1 is 1.00 bits per heavy atom. The fourth-order valence-electron chi connectivity index (χ4n) is 4.34. The summed E-state index contributed by atoms with van der Waals surface area (Å²) < 4.78 is 16.4. The number of hydrogen-bond donors (Lipinski definition) is 1. The van der Waals surface area contributed by atoms with Crippen LogP contribution in [0.5, 0.6) is 17.2 Å². The van der Waals surface area contributed by atoms with Crippen molar-refractivity contribution in [1.29, 1.82) is 0 Å². The number of ether oxygens (including phenoxy) is 3. The van der Waals surface area contributed by atoms with Gasteiger partial charge in [0, 0.05) is 35.8 Å². The van der Waals surface area contributed by atoms with Gasteiger partial charge in [-0.2, -0.15) is 0 Å². The fourth-order valence-corrected chi connectivity index (χ4v) is 4.47. The molecule has 1 saturated carbocycles. The van der Waals surface area contributed by atoms with Crippen molar-refractivity contribution in [2.45, 2.75) is 64.1 Å². The van der Waals surface area contributed by atoms with Crippen LogP contribution in [0.4, 0.5) is 0 Å². The first-order valence-electron chi connectivity index (χ1n) is 12.1. The number of methoxy groups -OCH3 is 2. The van der Waals surface area contributed by atoms with Gasteiger partial charge in [-0.15, -0.1) is 0 Å². The van der Waals surface area contributed by atoms with Gasteiger partial charge in [0.2, 0.25) is 5.91 Å². The van der Waals surface area contributed by atoms with E-state index in [0.29, 0.717) is 28.7 Å². The molecule has 1 aliphatic carbocycles. The predicted octanol–water partition coefficient (Wildman–Crippen LogP) is 4.99. The molecule has 0 aliphatic heterocycles. The molecule has 0 bridgehead atoms. The monoisotopic (exact) mass is 502 g/mol. The normalized spacial score (nSPS) is 14.6. The summed E-state index contributed by atoms with van der Waals surface area (Å²) in [6.45, 7) is 1.97. The molecule has 1 unspecified atom stereocenters. The third kappa shape index (κ3) is 7.79. The second-order valence-electron chi connectivity index (χ2n) is 8.75. The Morgan fingerprint density at radius 2 is 1.60 bits per heavy atom. The smallest absolute Gasteiger partial charge is 0.261 e. The number of nitrogens with zero attached hydrogens (tertiary/aromatic N) is 1. The molecule has 1 N–H and O–H groups in total. The molecule has 1 atom stereocenters. The molecule has 0 spiro atoms. The molecule has 35 heavy (non-hydrogen) atoms. The van der Waals surface area contributed by atoms with Crippen molar-refractivity contribution in [2.75, 3.05) is 20.8 Å². The number of carbonyl (C=O) groups is 2. The van der Waals surface area contributed by atoms with E-state index in [1.54, 1.807) is 49.5 Å². The van der Waals surface area contributed by atoms with Crippen molar-refractivity contribution >= 4 is 23.4 Å². The largest absolute Gasteiger partial charge is 0.496 e. The lowest BCUT2D eigenvalue weighted by Crippen LogP contribution is -2.52. The van der Waals surface area contributed by atoms with Crippen molar-refractivity contribution < 1.29 is 23.8 Å². The number of hydrogen-bond acceptors (Lipinski definition) is 5. The van der Waals surface area contributed by atoms with E-state index in [1.165, 1.54) is 6.42 Å². The number of carbonyl (C=O) groups excluding carboxylic acids is 2. The Bertz CT molecular complexity index is 954. The van der Waals surface area contributed by atoms with E-state index < -0.39 is 6.04 Å². The standard InChI is InChI=1S/C27H35ClN2O5/c1-4-25(27(32)29-21-8-6-5-7-9-21)30(17-19-10-12-20(28)13-11-19)26(31)18-35-24-15-22(33-2)14-23(16-24)34-3/h10-16,21,25H,4-9,17-18H2,1-3H3,(H,29,32). The van der Waals surface area contributed by atoms with Gasteiger partial charge in [-0.3, -0.25) is 9.59 Å². The maximum atomic E-state index is 13.4. The van der Waals surface area contributed by atoms with Gasteiger partial charge in [0.25, 0.3) is 5.91 Å². The van der Waals surface area contributed by atoms with Gasteiger partial charge in [-0.25, -0.2) is 0 Å². The predicted molar refractivity (Wildman–Crippen MR) is 136 cm³/mol. The molecule has 3 rings (SSSR count). The van der Waals surface area contributed by atoms with Gasteiger partial charge < -0.3 is 24.4 Å². The van der Waals surface area contributed by atoms with Crippen LogP contribution in [0.2, 0.25) is 5.02 Å². The van der Waals surface area contributed by atoms with E-state index >= 15 is 0 Å². The Labute approximate surface area is 212 Å². The van der Waals surface area contributed by atoms with Gasteiger partial charge >= 0.3 is 0 Å². The highest BCUT2D eigenvalue weighted by Gasteiger charge is 2.30. The van der Waals surface area contributed by atoms with Gasteiger partial charge in [0.1, 0.15) is 23.3 Å². The van der Waals surface area contributed by atoms with Crippen LogP contribution in [-0.2, 0) is 16.1 Å². The van der Waals surface area contributed by atoms with Crippen LogP contribution in [0.15, 0.2) is 42.5 Å². The summed E-state index contributed by atoms with van der Waals surface area (Å²) in [6.07, 6.45) is 5.89. The molecule has 0 radical (unpaired) electrons. The van der Waals surface area contributed by atoms with Crippen LogP contribution in [0, 0.1) is 0 Å². The molecule has 2 amide bonds. The summed E-state index contributed by atoms with van der Waals surface area (Å²) in [6, 6.07) is 11.9. The first-order valence-corrected chi connectivity index (χ1v) is 12.5. The second-order valence-corrected chi connectivity index (χ2v) is 9.19. The maximum absolute atomic E-state index is 13.4. The van der Waals surface area contributed by atoms with Crippen molar-refractivity contribution in [3.8, 4) is 17.2 Å². The highest BCUT2D eigenvalue weighted by atomic mass is 35.5. The Balaban J connectivity index is 1.77. The zero-order valence-electron chi connectivity index (χ0n) is 20.7. The Kier molecular flexibility index (Phi) is 10.1. The number of benzene rings is 2. The molecule has 0 saturated heterocycles. The van der Waals surface area contributed by atoms with E-state index in [1.807, 2.05) is 19.1 Å². The molecule has 1 fully saturated rings. The van der Waals surface area contributed by atoms with Gasteiger partial charge in [0.05, 0.1) is 14.2 Å². The van der Waals surface area contributed by atoms with Crippen molar-refractivity contribution in [2.24, 2.45) is 0 Å². The zero-order chi connectivity index (χ0) is 25.2. The lowest BCUT2D eigenvalue weighted by Gasteiger charge is -2.32. The number of halogens is 1. The van der Waals surface area contributed by atoms with E-state index in [9.17, 15) is 9.59 Å². The molecule has 8 heteroatoms. The quantitative estimate of drug-likeness (QED) is 0.468. The third-order valence-electron chi connectivity index (χ3n) is 6.29. The van der Waals surface area contributed by atoms with Crippen LogP contribution in [-0.4, -0.2) is 49.6 Å². The lowest BCUT2D eigenvalue weighted by molar-refractivity contribution is -0.143. The molecule has 0 aromatic heterocycles. The summed E-state index contributed by atoms with van der Waals surface area (Å²) in [5.41, 5.74) is 0.884. The molecule has 2 aromatic carbocycles. The first kappa shape index (κ1) is 26.7. The molecule has 190 valence electrons. The van der Waals surface area contributed by atoms with Crippen molar-refractivity contribution in [3.05, 3.63) is 53.1 Å². The molecule has 7 nitrogen and oxygen atoms in total.